The number of thiophene rings is 1. The molecule has 2 aromatic heterocycles. The van der Waals surface area contributed by atoms with E-state index >= 15 is 0 Å². The summed E-state index contributed by atoms with van der Waals surface area (Å²) in [6.45, 7) is 2.57. The first-order valence-corrected chi connectivity index (χ1v) is 12.7. The summed E-state index contributed by atoms with van der Waals surface area (Å²) in [7, 11) is 0. The number of rotatable bonds is 7. The maximum atomic E-state index is 12.6. The molecule has 0 saturated heterocycles. The van der Waals surface area contributed by atoms with Crippen LogP contribution >= 0.6 is 51.1 Å². The van der Waals surface area contributed by atoms with E-state index in [-0.39, 0.29) is 6.61 Å². The molecule has 0 amide bonds. The van der Waals surface area contributed by atoms with Gasteiger partial charge in [-0.05, 0) is 58.3 Å². The van der Waals surface area contributed by atoms with Gasteiger partial charge in [-0.15, -0.1) is 11.3 Å². The molecule has 10 heteroatoms. The van der Waals surface area contributed by atoms with Crippen LogP contribution in [0.5, 0.6) is 0 Å². The number of benzene rings is 2. The Hall–Kier alpha value is -2.72. The predicted octanol–water partition coefficient (Wildman–Crippen LogP) is 7.06. The minimum absolute atomic E-state index is 0.285. The molecule has 174 valence electrons. The summed E-state index contributed by atoms with van der Waals surface area (Å²) < 4.78 is 7.74. The van der Waals surface area contributed by atoms with E-state index in [1.54, 1.807) is 11.6 Å². The fourth-order valence-corrected chi connectivity index (χ4v) is 5.12. The summed E-state index contributed by atoms with van der Waals surface area (Å²) in [4.78, 5) is 13.5. The number of nitrogens with one attached hydrogen (secondary N) is 2. The number of carbonyl (C=O) groups excluding carboxylic acids is 1. The highest BCUT2D eigenvalue weighted by Crippen LogP contribution is 2.36. The number of halogens is 2. The van der Waals surface area contributed by atoms with Crippen molar-refractivity contribution in [3.05, 3.63) is 87.5 Å². The van der Waals surface area contributed by atoms with Crippen LogP contribution in [0.15, 0.2) is 71.3 Å². The second-order valence-corrected chi connectivity index (χ2v) is 9.86. The lowest BCUT2D eigenvalue weighted by Gasteiger charge is -2.09. The van der Waals surface area contributed by atoms with E-state index in [0.29, 0.717) is 33.1 Å². The summed E-state index contributed by atoms with van der Waals surface area (Å²) in [6, 6.07) is 19.3. The van der Waals surface area contributed by atoms with Crippen LogP contribution in [0.3, 0.4) is 0 Å². The average molecular weight is 576 g/mol. The molecule has 0 unspecified atom stereocenters. The Morgan fingerprint density at radius 2 is 1.91 bits per heavy atom. The molecular weight excluding hydrogens is 556 g/mol. The fraction of sp³-hybridized carbons (Fsp3) is 0.125. The molecule has 34 heavy (non-hydrogen) atoms. The highest BCUT2D eigenvalue weighted by Gasteiger charge is 2.19. The van der Waals surface area contributed by atoms with Crippen LogP contribution in [0.4, 0.5) is 10.8 Å². The van der Waals surface area contributed by atoms with Crippen LogP contribution in [0.2, 0.25) is 5.02 Å². The van der Waals surface area contributed by atoms with Gasteiger partial charge in [0.25, 0.3) is 0 Å². The minimum atomic E-state index is -0.406. The summed E-state index contributed by atoms with van der Waals surface area (Å²) in [5.41, 5.74) is 2.39. The first-order valence-electron chi connectivity index (χ1n) is 10.4. The topological polar surface area (TPSA) is 68.2 Å². The number of nitrogens with zero attached hydrogens (tertiary/aromatic N) is 2. The summed E-state index contributed by atoms with van der Waals surface area (Å²) >= 11 is 16.7. The van der Waals surface area contributed by atoms with Crippen LogP contribution in [-0.2, 0) is 11.3 Å². The van der Waals surface area contributed by atoms with E-state index in [1.165, 1.54) is 11.3 Å². The number of esters is 1. The summed E-state index contributed by atoms with van der Waals surface area (Å²) in [5.74, 6) is 0.138. The maximum Gasteiger partial charge on any atom is 0.341 e. The standard InChI is InChI=1S/C24H20BrClN4O2S2/c1-2-32-23(31)17-12-20(15-8-4-3-5-9-15)34-22(17)28-24(33)27-21-18(25)14-30(29-21)13-16-10-6-7-11-19(16)26/h3-12,14H,2,13H2,1H3,(H2,27,28,29,33). The highest BCUT2D eigenvalue weighted by molar-refractivity contribution is 9.10. The van der Waals surface area contributed by atoms with Crippen LogP contribution in [0.1, 0.15) is 22.8 Å². The Morgan fingerprint density at radius 1 is 1.18 bits per heavy atom. The van der Waals surface area contributed by atoms with Gasteiger partial charge in [0.15, 0.2) is 10.9 Å². The highest BCUT2D eigenvalue weighted by atomic mass is 79.9. The second-order valence-electron chi connectivity index (χ2n) is 7.13. The van der Waals surface area contributed by atoms with Gasteiger partial charge < -0.3 is 15.4 Å². The Labute approximate surface area is 220 Å². The van der Waals surface area contributed by atoms with Crippen molar-refractivity contribution in [3.8, 4) is 10.4 Å². The quantitative estimate of drug-likeness (QED) is 0.182. The number of hydrogen-bond donors (Lipinski definition) is 2. The van der Waals surface area contributed by atoms with Gasteiger partial charge in [0.2, 0.25) is 0 Å². The third-order valence-corrected chi connectivity index (χ3v) is 7.00. The molecule has 0 saturated carbocycles. The Kier molecular flexibility index (Phi) is 7.99. The van der Waals surface area contributed by atoms with Crippen molar-refractivity contribution in [2.45, 2.75) is 13.5 Å². The first-order chi connectivity index (χ1) is 16.4. The molecule has 0 atom stereocenters. The fourth-order valence-electron chi connectivity index (χ4n) is 3.19. The average Bonchev–Trinajstić information content (AvgIpc) is 3.39. The van der Waals surface area contributed by atoms with Gasteiger partial charge in [-0.2, -0.15) is 5.10 Å². The van der Waals surface area contributed by atoms with Crippen LogP contribution in [0, 0.1) is 0 Å². The van der Waals surface area contributed by atoms with E-state index < -0.39 is 5.97 Å². The maximum absolute atomic E-state index is 12.6. The molecule has 0 aliphatic heterocycles. The summed E-state index contributed by atoms with van der Waals surface area (Å²) in [5, 5.41) is 12.4. The van der Waals surface area contributed by atoms with Crippen molar-refractivity contribution < 1.29 is 9.53 Å². The van der Waals surface area contributed by atoms with Gasteiger partial charge in [0.05, 0.1) is 23.2 Å². The van der Waals surface area contributed by atoms with E-state index in [0.717, 1.165) is 20.5 Å². The smallest absolute Gasteiger partial charge is 0.341 e. The first kappa shape index (κ1) is 24.4. The van der Waals surface area contributed by atoms with Crippen molar-refractivity contribution >= 4 is 73.0 Å². The number of carbonyl (C=O) groups is 1. The van der Waals surface area contributed by atoms with Gasteiger partial charge >= 0.3 is 5.97 Å². The van der Waals surface area contributed by atoms with Crippen molar-refractivity contribution in [2.75, 3.05) is 17.2 Å². The van der Waals surface area contributed by atoms with Gasteiger partial charge in [0.1, 0.15) is 5.00 Å². The van der Waals surface area contributed by atoms with E-state index in [1.807, 2.05) is 66.9 Å². The number of anilines is 2. The molecule has 2 N–H and O–H groups in total. The third kappa shape index (κ3) is 5.85. The minimum Gasteiger partial charge on any atom is -0.462 e. The number of aromatic nitrogens is 2. The lowest BCUT2D eigenvalue weighted by molar-refractivity contribution is 0.0528. The summed E-state index contributed by atoms with van der Waals surface area (Å²) in [6.07, 6.45) is 1.84. The lowest BCUT2D eigenvalue weighted by atomic mass is 10.1. The monoisotopic (exact) mass is 574 g/mol. The van der Waals surface area contributed by atoms with Crippen molar-refractivity contribution in [2.24, 2.45) is 0 Å². The lowest BCUT2D eigenvalue weighted by Crippen LogP contribution is -2.20. The normalized spacial score (nSPS) is 10.7. The molecule has 0 bridgehead atoms. The second kappa shape index (κ2) is 11.1. The molecule has 4 aromatic rings. The Morgan fingerprint density at radius 3 is 2.65 bits per heavy atom. The molecule has 2 heterocycles. The molecule has 0 fully saturated rings. The van der Waals surface area contributed by atoms with E-state index in [4.69, 9.17) is 28.6 Å². The SMILES string of the molecule is CCOC(=O)c1cc(-c2ccccc2)sc1NC(=S)Nc1nn(Cc2ccccc2Cl)cc1Br. The Balaban J connectivity index is 1.51. The number of thiocarbonyl (C=S) groups is 1. The zero-order valence-electron chi connectivity index (χ0n) is 18.0. The molecule has 0 aliphatic rings. The van der Waals surface area contributed by atoms with Gasteiger partial charge in [0, 0.05) is 16.1 Å². The molecule has 0 aliphatic carbocycles. The van der Waals surface area contributed by atoms with Crippen molar-refractivity contribution in [1.29, 1.82) is 0 Å². The number of hydrogen-bond acceptors (Lipinski definition) is 5. The Bertz CT molecular complexity index is 1320. The zero-order valence-corrected chi connectivity index (χ0v) is 22.0. The van der Waals surface area contributed by atoms with Crippen LogP contribution < -0.4 is 10.6 Å². The van der Waals surface area contributed by atoms with E-state index in [2.05, 4.69) is 31.7 Å². The molecule has 2 aromatic carbocycles. The van der Waals surface area contributed by atoms with Gasteiger partial charge in [-0.25, -0.2) is 4.79 Å². The largest absolute Gasteiger partial charge is 0.462 e. The molecule has 6 nitrogen and oxygen atoms in total. The van der Waals surface area contributed by atoms with Gasteiger partial charge in [-0.3, -0.25) is 4.68 Å². The van der Waals surface area contributed by atoms with Crippen molar-refractivity contribution in [3.63, 3.8) is 0 Å². The molecular formula is C24H20BrClN4O2S2. The van der Waals surface area contributed by atoms with E-state index in [9.17, 15) is 4.79 Å². The van der Waals surface area contributed by atoms with Crippen LogP contribution in [-0.4, -0.2) is 27.5 Å². The van der Waals surface area contributed by atoms with Crippen molar-refractivity contribution in [1.82, 2.24) is 9.78 Å². The zero-order chi connectivity index (χ0) is 24.1. The molecule has 0 spiro atoms. The number of ether oxygens (including phenoxy) is 1. The van der Waals surface area contributed by atoms with Crippen LogP contribution in [0.25, 0.3) is 10.4 Å². The molecule has 0 radical (unpaired) electrons. The molecule has 4 rings (SSSR count). The third-order valence-electron chi connectivity index (χ3n) is 4.75. The predicted molar refractivity (Wildman–Crippen MR) is 146 cm³/mol. The van der Waals surface area contributed by atoms with Gasteiger partial charge in [-0.1, -0.05) is 60.1 Å².